The van der Waals surface area contributed by atoms with E-state index in [4.69, 9.17) is 28.3 Å². The number of benzene rings is 1. The second kappa shape index (κ2) is 5.94. The summed E-state index contributed by atoms with van der Waals surface area (Å²) in [6.45, 7) is 2.41. The minimum absolute atomic E-state index is 0.317. The van der Waals surface area contributed by atoms with Gasteiger partial charge in [0.2, 0.25) is 0 Å². The van der Waals surface area contributed by atoms with Crippen LogP contribution in [0.4, 0.5) is 5.69 Å². The van der Waals surface area contributed by atoms with Crippen LogP contribution in [0.5, 0.6) is 0 Å². The Hall–Kier alpha value is 0.0400. The molecule has 0 amide bonds. The highest BCUT2D eigenvalue weighted by molar-refractivity contribution is 9.10. The van der Waals surface area contributed by atoms with E-state index in [2.05, 4.69) is 21.2 Å². The third kappa shape index (κ3) is 3.83. The Morgan fingerprint density at radius 1 is 1.40 bits per heavy atom. The predicted octanol–water partition coefficient (Wildman–Crippen LogP) is 3.94. The van der Waals surface area contributed by atoms with Gasteiger partial charge in [0.15, 0.2) is 0 Å². The van der Waals surface area contributed by atoms with Gasteiger partial charge in [-0.3, -0.25) is 0 Å². The summed E-state index contributed by atoms with van der Waals surface area (Å²) in [6, 6.07) is 3.68. The Morgan fingerprint density at radius 3 is 2.67 bits per heavy atom. The van der Waals surface area contributed by atoms with E-state index >= 15 is 0 Å². The number of anilines is 1. The Morgan fingerprint density at radius 2 is 2.07 bits per heavy atom. The predicted molar refractivity (Wildman–Crippen MR) is 68.9 cm³/mol. The lowest BCUT2D eigenvalue weighted by molar-refractivity contribution is 0.189. The Balaban J connectivity index is 2.66. The fourth-order valence-corrected chi connectivity index (χ4v) is 1.92. The molecule has 0 aliphatic carbocycles. The van der Waals surface area contributed by atoms with Gasteiger partial charge < -0.3 is 10.4 Å². The van der Waals surface area contributed by atoms with Gasteiger partial charge in [0, 0.05) is 11.0 Å². The maximum atomic E-state index is 9.09. The molecule has 0 saturated heterocycles. The SMILES string of the molecule is CC(O)CCNc1ccc(Br)c(Cl)c1Cl. The number of aliphatic hydroxyl groups excluding tert-OH is 1. The molecule has 1 atom stereocenters. The first-order valence-corrected chi connectivity index (χ1v) is 6.12. The molecule has 0 aromatic heterocycles. The average molecular weight is 313 g/mol. The van der Waals surface area contributed by atoms with Gasteiger partial charge in [-0.25, -0.2) is 0 Å². The molecule has 0 heterocycles. The normalized spacial score (nSPS) is 12.6. The molecule has 1 rings (SSSR count). The lowest BCUT2D eigenvalue weighted by Crippen LogP contribution is -2.09. The first-order valence-electron chi connectivity index (χ1n) is 4.57. The molecular formula is C10H12BrCl2NO. The zero-order chi connectivity index (χ0) is 11.4. The van der Waals surface area contributed by atoms with E-state index < -0.39 is 0 Å². The first kappa shape index (κ1) is 13.1. The quantitative estimate of drug-likeness (QED) is 0.825. The smallest absolute Gasteiger partial charge is 0.0835 e. The van der Waals surface area contributed by atoms with Crippen LogP contribution < -0.4 is 5.32 Å². The van der Waals surface area contributed by atoms with Crippen LogP contribution in [-0.4, -0.2) is 17.8 Å². The summed E-state index contributed by atoms with van der Waals surface area (Å²) in [5.41, 5.74) is 0.783. The summed E-state index contributed by atoms with van der Waals surface area (Å²) in [7, 11) is 0. The molecule has 1 unspecified atom stereocenters. The summed E-state index contributed by atoms with van der Waals surface area (Å²) in [5.74, 6) is 0. The molecular weight excluding hydrogens is 301 g/mol. The van der Waals surface area contributed by atoms with Crippen LogP contribution in [-0.2, 0) is 0 Å². The number of hydrogen-bond acceptors (Lipinski definition) is 2. The highest BCUT2D eigenvalue weighted by Crippen LogP contribution is 2.35. The van der Waals surface area contributed by atoms with Crippen molar-refractivity contribution in [3.8, 4) is 0 Å². The van der Waals surface area contributed by atoms with Crippen LogP contribution in [0.2, 0.25) is 10.0 Å². The van der Waals surface area contributed by atoms with Gasteiger partial charge in [0.25, 0.3) is 0 Å². The number of rotatable bonds is 4. The molecule has 0 radical (unpaired) electrons. The minimum atomic E-state index is -0.317. The number of hydrogen-bond donors (Lipinski definition) is 2. The van der Waals surface area contributed by atoms with Crippen molar-refractivity contribution >= 4 is 44.8 Å². The van der Waals surface area contributed by atoms with Gasteiger partial charge in [-0.05, 0) is 41.4 Å². The fourth-order valence-electron chi connectivity index (χ4n) is 1.08. The van der Waals surface area contributed by atoms with Gasteiger partial charge in [-0.1, -0.05) is 23.2 Å². The molecule has 1 aromatic carbocycles. The molecule has 0 fully saturated rings. The lowest BCUT2D eigenvalue weighted by atomic mass is 10.2. The molecule has 1 aromatic rings. The second-order valence-corrected chi connectivity index (χ2v) is 4.90. The van der Waals surface area contributed by atoms with Crippen molar-refractivity contribution in [3.05, 3.63) is 26.7 Å². The molecule has 15 heavy (non-hydrogen) atoms. The van der Waals surface area contributed by atoms with E-state index in [1.807, 2.05) is 12.1 Å². The largest absolute Gasteiger partial charge is 0.393 e. The maximum Gasteiger partial charge on any atom is 0.0835 e. The zero-order valence-corrected chi connectivity index (χ0v) is 11.3. The maximum absolute atomic E-state index is 9.09. The minimum Gasteiger partial charge on any atom is -0.393 e. The zero-order valence-electron chi connectivity index (χ0n) is 8.23. The fraction of sp³-hybridized carbons (Fsp3) is 0.400. The molecule has 2 nitrogen and oxygen atoms in total. The molecule has 0 aliphatic heterocycles. The van der Waals surface area contributed by atoms with Crippen molar-refractivity contribution in [1.82, 2.24) is 0 Å². The van der Waals surface area contributed by atoms with Gasteiger partial charge >= 0.3 is 0 Å². The highest BCUT2D eigenvalue weighted by Gasteiger charge is 2.07. The van der Waals surface area contributed by atoms with Crippen molar-refractivity contribution in [2.24, 2.45) is 0 Å². The summed E-state index contributed by atoms with van der Waals surface area (Å²) in [5, 5.41) is 13.2. The van der Waals surface area contributed by atoms with Crippen LogP contribution in [0.15, 0.2) is 16.6 Å². The van der Waals surface area contributed by atoms with Crippen LogP contribution >= 0.6 is 39.1 Å². The van der Waals surface area contributed by atoms with E-state index in [0.29, 0.717) is 23.0 Å². The molecule has 2 N–H and O–H groups in total. The van der Waals surface area contributed by atoms with E-state index in [1.54, 1.807) is 6.92 Å². The molecule has 0 aliphatic rings. The van der Waals surface area contributed by atoms with Crippen LogP contribution in [0.25, 0.3) is 0 Å². The van der Waals surface area contributed by atoms with Crippen molar-refractivity contribution in [1.29, 1.82) is 0 Å². The van der Waals surface area contributed by atoms with E-state index in [1.165, 1.54) is 0 Å². The molecule has 84 valence electrons. The molecule has 5 heteroatoms. The van der Waals surface area contributed by atoms with Crippen LogP contribution in [0, 0.1) is 0 Å². The number of nitrogens with one attached hydrogen (secondary N) is 1. The van der Waals surface area contributed by atoms with Crippen molar-refractivity contribution in [2.75, 3.05) is 11.9 Å². The summed E-state index contributed by atoms with van der Waals surface area (Å²) in [4.78, 5) is 0. The highest BCUT2D eigenvalue weighted by atomic mass is 79.9. The molecule has 0 saturated carbocycles. The molecule has 0 bridgehead atoms. The van der Waals surface area contributed by atoms with E-state index in [0.717, 1.165) is 10.2 Å². The number of aliphatic hydroxyl groups is 1. The summed E-state index contributed by atoms with van der Waals surface area (Å²) in [6.07, 6.45) is 0.353. The van der Waals surface area contributed by atoms with Crippen molar-refractivity contribution in [3.63, 3.8) is 0 Å². The third-order valence-corrected chi connectivity index (χ3v) is 3.68. The lowest BCUT2D eigenvalue weighted by Gasteiger charge is -2.11. The standard InChI is InChI=1S/C10H12BrCl2NO/c1-6(15)4-5-14-8-3-2-7(11)9(12)10(8)13/h2-3,6,14-15H,4-5H2,1H3. The Bertz CT molecular complexity index is 344. The third-order valence-electron chi connectivity index (χ3n) is 1.91. The monoisotopic (exact) mass is 311 g/mol. The van der Waals surface area contributed by atoms with Gasteiger partial charge in [0.1, 0.15) is 0 Å². The van der Waals surface area contributed by atoms with E-state index in [9.17, 15) is 0 Å². The second-order valence-electron chi connectivity index (χ2n) is 3.29. The molecule has 0 spiro atoms. The topological polar surface area (TPSA) is 32.3 Å². The number of halogens is 3. The van der Waals surface area contributed by atoms with Gasteiger partial charge in [0.05, 0.1) is 21.8 Å². The van der Waals surface area contributed by atoms with Crippen molar-refractivity contribution in [2.45, 2.75) is 19.4 Å². The summed E-state index contributed by atoms with van der Waals surface area (Å²) < 4.78 is 0.773. The Labute approximate surface area is 108 Å². The van der Waals surface area contributed by atoms with Crippen molar-refractivity contribution < 1.29 is 5.11 Å². The van der Waals surface area contributed by atoms with Gasteiger partial charge in [-0.15, -0.1) is 0 Å². The summed E-state index contributed by atoms with van der Waals surface area (Å²) >= 11 is 15.3. The van der Waals surface area contributed by atoms with E-state index in [-0.39, 0.29) is 6.10 Å². The van der Waals surface area contributed by atoms with Crippen LogP contribution in [0.3, 0.4) is 0 Å². The van der Waals surface area contributed by atoms with Crippen LogP contribution in [0.1, 0.15) is 13.3 Å². The average Bonchev–Trinajstić information content (AvgIpc) is 2.18. The van der Waals surface area contributed by atoms with Gasteiger partial charge in [-0.2, -0.15) is 0 Å². The Kier molecular flexibility index (Phi) is 5.19. The first-order chi connectivity index (χ1) is 7.02.